The molecule has 1 saturated carbocycles. The molecular weight excluding hydrogens is 200 g/mol. The number of rotatable bonds is 5. The third-order valence-electron chi connectivity index (χ3n) is 4.76. The number of nitrogens with one attached hydrogen (secondary N) is 2. The van der Waals surface area contributed by atoms with E-state index >= 15 is 0 Å². The molecule has 0 aromatic heterocycles. The van der Waals surface area contributed by atoms with E-state index in [1.807, 2.05) is 14.0 Å². The van der Waals surface area contributed by atoms with Gasteiger partial charge in [0.15, 0.2) is 0 Å². The predicted octanol–water partition coefficient (Wildman–Crippen LogP) is 1.64. The van der Waals surface area contributed by atoms with Gasteiger partial charge in [0.05, 0.1) is 0 Å². The van der Waals surface area contributed by atoms with Gasteiger partial charge < -0.3 is 10.6 Å². The van der Waals surface area contributed by atoms with E-state index in [1.165, 1.54) is 0 Å². The lowest BCUT2D eigenvalue weighted by Crippen LogP contribution is -2.36. The first-order chi connectivity index (χ1) is 7.25. The monoisotopic (exact) mass is 226 g/mol. The van der Waals surface area contributed by atoms with Crippen LogP contribution in [0.2, 0.25) is 0 Å². The zero-order valence-electron chi connectivity index (χ0n) is 11.5. The molecule has 0 bridgehead atoms. The van der Waals surface area contributed by atoms with Crippen molar-refractivity contribution in [2.75, 3.05) is 20.1 Å². The summed E-state index contributed by atoms with van der Waals surface area (Å²) in [6, 6.07) is 0. The van der Waals surface area contributed by atoms with Crippen molar-refractivity contribution in [3.05, 3.63) is 0 Å². The molecule has 16 heavy (non-hydrogen) atoms. The molecule has 1 aliphatic carbocycles. The van der Waals surface area contributed by atoms with E-state index in [0.29, 0.717) is 16.7 Å². The van der Waals surface area contributed by atoms with Gasteiger partial charge in [0.25, 0.3) is 0 Å². The standard InChI is InChI=1S/C13H26N2O/c1-9(7-14-6)11(16)15-8-10-12(2,3)13(10,4)5/h9-10,14H,7-8H2,1-6H3,(H,15,16). The fraction of sp³-hybridized carbons (Fsp3) is 0.923. The maximum absolute atomic E-state index is 11.7. The lowest BCUT2D eigenvalue weighted by atomic mass is 10.0. The highest BCUT2D eigenvalue weighted by molar-refractivity contribution is 5.78. The summed E-state index contributed by atoms with van der Waals surface area (Å²) >= 11 is 0. The molecule has 0 aromatic rings. The van der Waals surface area contributed by atoms with Crippen molar-refractivity contribution in [1.29, 1.82) is 0 Å². The van der Waals surface area contributed by atoms with Crippen LogP contribution in [0.15, 0.2) is 0 Å². The summed E-state index contributed by atoms with van der Waals surface area (Å²) in [5, 5.41) is 6.08. The van der Waals surface area contributed by atoms with Crippen LogP contribution in [0.25, 0.3) is 0 Å². The van der Waals surface area contributed by atoms with Crippen LogP contribution in [-0.2, 0) is 4.79 Å². The second kappa shape index (κ2) is 4.36. The van der Waals surface area contributed by atoms with Gasteiger partial charge >= 0.3 is 0 Å². The molecule has 1 amide bonds. The van der Waals surface area contributed by atoms with Crippen LogP contribution in [0.1, 0.15) is 34.6 Å². The first-order valence-corrected chi connectivity index (χ1v) is 6.17. The number of amides is 1. The number of carbonyl (C=O) groups is 1. The summed E-state index contributed by atoms with van der Waals surface area (Å²) in [4.78, 5) is 11.7. The fourth-order valence-electron chi connectivity index (χ4n) is 2.62. The van der Waals surface area contributed by atoms with E-state index < -0.39 is 0 Å². The molecule has 0 saturated heterocycles. The van der Waals surface area contributed by atoms with Gasteiger partial charge in [-0.3, -0.25) is 4.79 Å². The molecule has 1 unspecified atom stereocenters. The third kappa shape index (κ3) is 2.24. The molecule has 0 aliphatic heterocycles. The second-order valence-corrected chi connectivity index (χ2v) is 6.20. The Kier molecular flexibility index (Phi) is 3.68. The highest BCUT2D eigenvalue weighted by Crippen LogP contribution is 2.67. The lowest BCUT2D eigenvalue weighted by Gasteiger charge is -2.12. The molecule has 3 nitrogen and oxygen atoms in total. The first kappa shape index (κ1) is 13.5. The van der Waals surface area contributed by atoms with Gasteiger partial charge in [-0.05, 0) is 23.8 Å². The summed E-state index contributed by atoms with van der Waals surface area (Å²) in [5.41, 5.74) is 0.707. The van der Waals surface area contributed by atoms with Crippen LogP contribution in [0.4, 0.5) is 0 Å². The van der Waals surface area contributed by atoms with Crippen molar-refractivity contribution in [1.82, 2.24) is 10.6 Å². The SMILES string of the molecule is CNCC(C)C(=O)NCC1C(C)(C)C1(C)C. The summed E-state index contributed by atoms with van der Waals surface area (Å²) in [6.07, 6.45) is 0. The normalized spacial score (nSPS) is 23.9. The van der Waals surface area contributed by atoms with Gasteiger partial charge in [-0.1, -0.05) is 34.6 Å². The molecule has 0 radical (unpaired) electrons. The minimum absolute atomic E-state index is 0.0509. The average Bonchev–Trinajstić information content (AvgIpc) is 2.55. The Hall–Kier alpha value is -0.570. The molecule has 1 rings (SSSR count). The predicted molar refractivity (Wildman–Crippen MR) is 67.2 cm³/mol. The van der Waals surface area contributed by atoms with E-state index in [0.717, 1.165) is 13.1 Å². The molecule has 1 atom stereocenters. The Bertz CT molecular complexity index is 257. The quantitative estimate of drug-likeness (QED) is 0.748. The van der Waals surface area contributed by atoms with Crippen LogP contribution in [0.5, 0.6) is 0 Å². The van der Waals surface area contributed by atoms with E-state index in [9.17, 15) is 4.79 Å². The summed E-state index contributed by atoms with van der Waals surface area (Å²) < 4.78 is 0. The molecule has 94 valence electrons. The van der Waals surface area contributed by atoms with Crippen molar-refractivity contribution in [2.45, 2.75) is 34.6 Å². The smallest absolute Gasteiger partial charge is 0.224 e. The van der Waals surface area contributed by atoms with Crippen molar-refractivity contribution >= 4 is 5.91 Å². The zero-order chi connectivity index (χ0) is 12.6. The molecular formula is C13H26N2O. The van der Waals surface area contributed by atoms with Crippen LogP contribution >= 0.6 is 0 Å². The Morgan fingerprint density at radius 2 is 1.75 bits per heavy atom. The molecule has 0 spiro atoms. The molecule has 3 heteroatoms. The Labute approximate surface area is 99.4 Å². The largest absolute Gasteiger partial charge is 0.356 e. The topological polar surface area (TPSA) is 41.1 Å². The Morgan fingerprint density at radius 1 is 1.25 bits per heavy atom. The summed E-state index contributed by atoms with van der Waals surface area (Å²) in [5.74, 6) is 0.813. The highest BCUT2D eigenvalue weighted by Gasteiger charge is 2.64. The van der Waals surface area contributed by atoms with Crippen molar-refractivity contribution < 1.29 is 4.79 Å². The number of hydrogen-bond donors (Lipinski definition) is 2. The molecule has 0 heterocycles. The summed E-state index contributed by atoms with van der Waals surface area (Å²) in [7, 11) is 1.87. The Morgan fingerprint density at radius 3 is 2.12 bits per heavy atom. The van der Waals surface area contributed by atoms with E-state index in [-0.39, 0.29) is 11.8 Å². The van der Waals surface area contributed by atoms with E-state index in [2.05, 4.69) is 38.3 Å². The molecule has 2 N–H and O–H groups in total. The summed E-state index contributed by atoms with van der Waals surface area (Å²) in [6.45, 7) is 12.6. The molecule has 1 fully saturated rings. The maximum atomic E-state index is 11.7. The zero-order valence-corrected chi connectivity index (χ0v) is 11.5. The Balaban J connectivity index is 2.35. The van der Waals surface area contributed by atoms with E-state index in [1.54, 1.807) is 0 Å². The van der Waals surface area contributed by atoms with Gasteiger partial charge in [-0.15, -0.1) is 0 Å². The first-order valence-electron chi connectivity index (χ1n) is 6.17. The van der Waals surface area contributed by atoms with Crippen LogP contribution in [0.3, 0.4) is 0 Å². The van der Waals surface area contributed by atoms with Gasteiger partial charge in [0.2, 0.25) is 5.91 Å². The average molecular weight is 226 g/mol. The van der Waals surface area contributed by atoms with Gasteiger partial charge in [0.1, 0.15) is 0 Å². The van der Waals surface area contributed by atoms with Crippen LogP contribution in [-0.4, -0.2) is 26.0 Å². The third-order valence-corrected chi connectivity index (χ3v) is 4.76. The van der Waals surface area contributed by atoms with Gasteiger partial charge in [0, 0.05) is 19.0 Å². The highest BCUT2D eigenvalue weighted by atomic mass is 16.1. The maximum Gasteiger partial charge on any atom is 0.224 e. The van der Waals surface area contributed by atoms with E-state index in [4.69, 9.17) is 0 Å². The van der Waals surface area contributed by atoms with Crippen LogP contribution in [0, 0.1) is 22.7 Å². The number of hydrogen-bond acceptors (Lipinski definition) is 2. The number of carbonyl (C=O) groups excluding carboxylic acids is 1. The minimum Gasteiger partial charge on any atom is -0.356 e. The molecule has 1 aliphatic rings. The van der Waals surface area contributed by atoms with Gasteiger partial charge in [-0.25, -0.2) is 0 Å². The van der Waals surface area contributed by atoms with Gasteiger partial charge in [-0.2, -0.15) is 0 Å². The minimum atomic E-state index is 0.0509. The van der Waals surface area contributed by atoms with Crippen LogP contribution < -0.4 is 10.6 Å². The fourth-order valence-corrected chi connectivity index (χ4v) is 2.62. The second-order valence-electron chi connectivity index (χ2n) is 6.20. The molecule has 0 aromatic carbocycles. The lowest BCUT2D eigenvalue weighted by molar-refractivity contribution is -0.124. The van der Waals surface area contributed by atoms with Crippen molar-refractivity contribution in [2.24, 2.45) is 22.7 Å². The van der Waals surface area contributed by atoms with Crippen molar-refractivity contribution in [3.63, 3.8) is 0 Å². The van der Waals surface area contributed by atoms with Crippen molar-refractivity contribution in [3.8, 4) is 0 Å².